The van der Waals surface area contributed by atoms with E-state index in [1.165, 1.54) is 11.3 Å². The number of aromatic nitrogens is 2. The van der Waals surface area contributed by atoms with Crippen LogP contribution in [0, 0.1) is 0 Å². The van der Waals surface area contributed by atoms with Gasteiger partial charge in [0.05, 0.1) is 7.11 Å². The van der Waals surface area contributed by atoms with Crippen molar-refractivity contribution in [2.24, 2.45) is 0 Å². The summed E-state index contributed by atoms with van der Waals surface area (Å²) in [4.78, 5) is 21.9. The number of amides is 1. The summed E-state index contributed by atoms with van der Waals surface area (Å²) in [6.45, 7) is 3.93. The summed E-state index contributed by atoms with van der Waals surface area (Å²) in [5.74, 6) is -1.55. The van der Waals surface area contributed by atoms with Gasteiger partial charge in [0.15, 0.2) is 0 Å². The molecule has 1 heterocycles. The SMILES string of the molecule is COC(=O)C(=O)Nc1nnc(C(C)C)s1. The van der Waals surface area contributed by atoms with Crippen molar-refractivity contribution in [1.29, 1.82) is 0 Å². The van der Waals surface area contributed by atoms with E-state index in [9.17, 15) is 9.59 Å². The van der Waals surface area contributed by atoms with Crippen LogP contribution in [0.2, 0.25) is 0 Å². The van der Waals surface area contributed by atoms with Crippen molar-refractivity contribution in [3.63, 3.8) is 0 Å². The van der Waals surface area contributed by atoms with Crippen molar-refractivity contribution < 1.29 is 14.3 Å². The maximum atomic E-state index is 11.1. The lowest BCUT2D eigenvalue weighted by Crippen LogP contribution is -2.23. The molecule has 0 fully saturated rings. The number of carbonyl (C=O) groups excluding carboxylic acids is 2. The molecule has 0 saturated heterocycles. The molecule has 0 aliphatic carbocycles. The number of hydrogen-bond donors (Lipinski definition) is 1. The summed E-state index contributed by atoms with van der Waals surface area (Å²) in [6, 6.07) is 0. The van der Waals surface area contributed by atoms with Crippen LogP contribution in [0.5, 0.6) is 0 Å². The van der Waals surface area contributed by atoms with Crippen molar-refractivity contribution in [2.45, 2.75) is 19.8 Å². The van der Waals surface area contributed by atoms with Gasteiger partial charge >= 0.3 is 11.9 Å². The Morgan fingerprint density at radius 1 is 1.40 bits per heavy atom. The van der Waals surface area contributed by atoms with Crippen LogP contribution < -0.4 is 5.32 Å². The van der Waals surface area contributed by atoms with Gasteiger partial charge in [-0.05, 0) is 0 Å². The Balaban J connectivity index is 2.65. The zero-order valence-corrected chi connectivity index (χ0v) is 9.42. The first-order valence-electron chi connectivity index (χ1n) is 4.27. The molecule has 15 heavy (non-hydrogen) atoms. The molecule has 0 spiro atoms. The molecule has 0 atom stereocenters. The number of anilines is 1. The first-order valence-corrected chi connectivity index (χ1v) is 5.09. The second-order valence-corrected chi connectivity index (χ2v) is 4.05. The normalized spacial score (nSPS) is 10.1. The molecule has 7 heteroatoms. The molecule has 0 saturated carbocycles. The van der Waals surface area contributed by atoms with E-state index in [1.807, 2.05) is 13.8 Å². The molecule has 1 aromatic heterocycles. The van der Waals surface area contributed by atoms with Crippen molar-refractivity contribution in [2.75, 3.05) is 12.4 Å². The van der Waals surface area contributed by atoms with Gasteiger partial charge in [-0.1, -0.05) is 25.2 Å². The molecule has 1 aromatic rings. The van der Waals surface area contributed by atoms with Crippen LogP contribution in [0.4, 0.5) is 5.13 Å². The number of hydrogen-bond acceptors (Lipinski definition) is 6. The number of nitrogens with zero attached hydrogens (tertiary/aromatic N) is 2. The van der Waals surface area contributed by atoms with E-state index in [0.29, 0.717) is 5.13 Å². The molecular formula is C8H11N3O3S. The summed E-state index contributed by atoms with van der Waals surface area (Å²) < 4.78 is 4.24. The molecule has 0 aliphatic rings. The van der Waals surface area contributed by atoms with Crippen molar-refractivity contribution >= 4 is 28.3 Å². The van der Waals surface area contributed by atoms with Crippen LogP contribution >= 0.6 is 11.3 Å². The highest BCUT2D eigenvalue weighted by atomic mass is 32.1. The Morgan fingerprint density at radius 2 is 2.07 bits per heavy atom. The average Bonchev–Trinajstić information content (AvgIpc) is 2.65. The third-order valence-corrected chi connectivity index (χ3v) is 2.67. The Morgan fingerprint density at radius 3 is 2.53 bits per heavy atom. The largest absolute Gasteiger partial charge is 0.462 e. The molecule has 1 N–H and O–H groups in total. The van der Waals surface area contributed by atoms with Gasteiger partial charge in [0, 0.05) is 5.92 Å². The minimum absolute atomic E-state index is 0.242. The van der Waals surface area contributed by atoms with Crippen molar-refractivity contribution in [3.8, 4) is 0 Å². The fourth-order valence-electron chi connectivity index (χ4n) is 0.759. The molecular weight excluding hydrogens is 218 g/mol. The second-order valence-electron chi connectivity index (χ2n) is 3.05. The Kier molecular flexibility index (Phi) is 3.73. The summed E-state index contributed by atoms with van der Waals surface area (Å²) in [6.07, 6.45) is 0. The van der Waals surface area contributed by atoms with Gasteiger partial charge in [-0.3, -0.25) is 10.1 Å². The highest BCUT2D eigenvalue weighted by Gasteiger charge is 2.16. The van der Waals surface area contributed by atoms with Crippen LogP contribution in [0.15, 0.2) is 0 Å². The summed E-state index contributed by atoms with van der Waals surface area (Å²) in [5, 5.41) is 11.0. The lowest BCUT2D eigenvalue weighted by Gasteiger charge is -1.97. The molecule has 0 unspecified atom stereocenters. The Bertz CT molecular complexity index is 375. The van der Waals surface area contributed by atoms with E-state index < -0.39 is 11.9 Å². The maximum absolute atomic E-state index is 11.1. The average molecular weight is 229 g/mol. The van der Waals surface area contributed by atoms with E-state index in [0.717, 1.165) is 12.1 Å². The van der Waals surface area contributed by atoms with Crippen molar-refractivity contribution in [3.05, 3.63) is 5.01 Å². The molecule has 0 aliphatic heterocycles. The number of ether oxygens (including phenoxy) is 1. The number of esters is 1. The lowest BCUT2D eigenvalue weighted by molar-refractivity contribution is -0.150. The van der Waals surface area contributed by atoms with Gasteiger partial charge in [0.25, 0.3) is 0 Å². The van der Waals surface area contributed by atoms with E-state index in [4.69, 9.17) is 0 Å². The summed E-state index contributed by atoms with van der Waals surface area (Å²) in [5.41, 5.74) is 0. The molecule has 0 radical (unpaired) electrons. The van der Waals surface area contributed by atoms with Crippen LogP contribution in [-0.2, 0) is 14.3 Å². The quantitative estimate of drug-likeness (QED) is 0.598. The fourth-order valence-corrected chi connectivity index (χ4v) is 1.50. The zero-order valence-electron chi connectivity index (χ0n) is 8.60. The topological polar surface area (TPSA) is 81.2 Å². The second kappa shape index (κ2) is 4.83. The number of rotatable bonds is 2. The third kappa shape index (κ3) is 2.98. The predicted molar refractivity (Wildman–Crippen MR) is 54.6 cm³/mol. The predicted octanol–water partition coefficient (Wildman–Crippen LogP) is 0.773. The number of carbonyl (C=O) groups is 2. The summed E-state index contributed by atoms with van der Waals surface area (Å²) >= 11 is 1.24. The number of methoxy groups -OCH3 is 1. The standard InChI is InChI=1S/C8H11N3O3S/c1-4(2)6-10-11-8(15-6)9-5(12)7(13)14-3/h4H,1-3H3,(H,9,11,12). The van der Waals surface area contributed by atoms with Gasteiger partial charge < -0.3 is 4.74 Å². The third-order valence-electron chi connectivity index (χ3n) is 1.53. The van der Waals surface area contributed by atoms with E-state index in [-0.39, 0.29) is 5.92 Å². The van der Waals surface area contributed by atoms with Crippen molar-refractivity contribution in [1.82, 2.24) is 10.2 Å². The lowest BCUT2D eigenvalue weighted by atomic mass is 10.2. The van der Waals surface area contributed by atoms with Gasteiger partial charge in [-0.25, -0.2) is 4.79 Å². The smallest absolute Gasteiger partial charge is 0.396 e. The van der Waals surface area contributed by atoms with Gasteiger partial charge in [-0.2, -0.15) is 0 Å². The van der Waals surface area contributed by atoms with Crippen LogP contribution in [0.25, 0.3) is 0 Å². The monoisotopic (exact) mass is 229 g/mol. The number of nitrogens with one attached hydrogen (secondary N) is 1. The van der Waals surface area contributed by atoms with Gasteiger partial charge in [0.2, 0.25) is 5.13 Å². The summed E-state index contributed by atoms with van der Waals surface area (Å²) in [7, 11) is 1.14. The van der Waals surface area contributed by atoms with Gasteiger partial charge in [-0.15, -0.1) is 10.2 Å². The molecule has 1 amide bonds. The molecule has 82 valence electrons. The molecule has 0 bridgehead atoms. The Labute approximate surface area is 90.7 Å². The molecule has 6 nitrogen and oxygen atoms in total. The van der Waals surface area contributed by atoms with Crippen LogP contribution in [0.3, 0.4) is 0 Å². The zero-order chi connectivity index (χ0) is 11.4. The molecule has 0 aromatic carbocycles. The van der Waals surface area contributed by atoms with Gasteiger partial charge in [0.1, 0.15) is 5.01 Å². The van der Waals surface area contributed by atoms with Crippen LogP contribution in [0.1, 0.15) is 24.8 Å². The van der Waals surface area contributed by atoms with E-state index in [2.05, 4.69) is 20.3 Å². The minimum atomic E-state index is -0.948. The highest BCUT2D eigenvalue weighted by Crippen LogP contribution is 2.22. The maximum Gasteiger partial charge on any atom is 0.396 e. The molecule has 1 rings (SSSR count). The highest BCUT2D eigenvalue weighted by molar-refractivity contribution is 7.15. The van der Waals surface area contributed by atoms with E-state index >= 15 is 0 Å². The Hall–Kier alpha value is -1.50. The fraction of sp³-hybridized carbons (Fsp3) is 0.500. The van der Waals surface area contributed by atoms with Crippen LogP contribution in [-0.4, -0.2) is 29.2 Å². The first-order chi connectivity index (χ1) is 7.04. The minimum Gasteiger partial charge on any atom is -0.462 e. The van der Waals surface area contributed by atoms with E-state index in [1.54, 1.807) is 0 Å². The first kappa shape index (κ1) is 11.6.